The second kappa shape index (κ2) is 8.30. The molecule has 0 fully saturated rings. The van der Waals surface area contributed by atoms with Gasteiger partial charge in [0, 0.05) is 11.1 Å². The fourth-order valence-electron chi connectivity index (χ4n) is 2.51. The van der Waals surface area contributed by atoms with Crippen molar-refractivity contribution in [2.75, 3.05) is 5.75 Å². The summed E-state index contributed by atoms with van der Waals surface area (Å²) >= 11 is 1.20. The Morgan fingerprint density at radius 2 is 1.69 bits per heavy atom. The summed E-state index contributed by atoms with van der Waals surface area (Å²) < 4.78 is 0. The Bertz CT molecular complexity index is 953. The van der Waals surface area contributed by atoms with E-state index in [1.165, 1.54) is 11.8 Å². The second-order valence-corrected chi connectivity index (χ2v) is 6.40. The van der Waals surface area contributed by atoms with E-state index in [-0.39, 0.29) is 11.7 Å². The number of hydrazine groups is 1. The normalized spacial score (nSPS) is 10.2. The first-order valence-corrected chi connectivity index (χ1v) is 8.89. The molecule has 128 valence electrons. The molecule has 3 N–H and O–H groups in total. The first-order chi connectivity index (χ1) is 12.7. The standard InChI is InChI=1S/C20H16N4OS/c21-12-17-16(14-7-3-1-4-8-14)11-18(15-9-5-2-6-10-15)23-20(17)26-13-19(25)24-22/h1-11H,13,22H2,(H,24,25). The van der Waals surface area contributed by atoms with Crippen molar-refractivity contribution in [3.8, 4) is 28.5 Å². The number of pyridine rings is 1. The molecule has 1 heterocycles. The van der Waals surface area contributed by atoms with Crippen molar-refractivity contribution in [3.05, 3.63) is 72.3 Å². The minimum Gasteiger partial charge on any atom is -0.294 e. The molecule has 6 heteroatoms. The summed E-state index contributed by atoms with van der Waals surface area (Å²) in [5.41, 5.74) is 5.95. The molecule has 26 heavy (non-hydrogen) atoms. The van der Waals surface area contributed by atoms with E-state index in [2.05, 4.69) is 16.5 Å². The number of carbonyl (C=O) groups is 1. The summed E-state index contributed by atoms with van der Waals surface area (Å²) in [6.45, 7) is 0. The number of nitrogens with two attached hydrogens (primary N) is 1. The molecule has 0 spiro atoms. The molecule has 0 bridgehead atoms. The van der Waals surface area contributed by atoms with Crippen LogP contribution in [0, 0.1) is 11.3 Å². The molecular formula is C20H16N4OS. The maximum atomic E-state index is 11.5. The second-order valence-electron chi connectivity index (χ2n) is 5.44. The number of carbonyl (C=O) groups excluding carboxylic acids is 1. The van der Waals surface area contributed by atoms with Crippen LogP contribution in [-0.2, 0) is 4.79 Å². The summed E-state index contributed by atoms with van der Waals surface area (Å²) in [6.07, 6.45) is 0. The summed E-state index contributed by atoms with van der Waals surface area (Å²) in [5.74, 6) is 4.91. The van der Waals surface area contributed by atoms with Crippen molar-refractivity contribution in [2.24, 2.45) is 5.84 Å². The molecule has 2 aromatic carbocycles. The number of hydrogen-bond donors (Lipinski definition) is 2. The molecule has 3 rings (SSSR count). The Morgan fingerprint density at radius 1 is 1.08 bits per heavy atom. The Morgan fingerprint density at radius 3 is 2.27 bits per heavy atom. The molecule has 0 aliphatic rings. The van der Waals surface area contributed by atoms with Gasteiger partial charge >= 0.3 is 0 Å². The lowest BCUT2D eigenvalue weighted by Crippen LogP contribution is -2.31. The highest BCUT2D eigenvalue weighted by Gasteiger charge is 2.16. The van der Waals surface area contributed by atoms with Crippen molar-refractivity contribution in [3.63, 3.8) is 0 Å². The van der Waals surface area contributed by atoms with E-state index in [0.717, 1.165) is 22.4 Å². The largest absolute Gasteiger partial charge is 0.294 e. The van der Waals surface area contributed by atoms with Crippen molar-refractivity contribution in [1.29, 1.82) is 5.26 Å². The van der Waals surface area contributed by atoms with Gasteiger partial charge in [-0.25, -0.2) is 10.8 Å². The summed E-state index contributed by atoms with van der Waals surface area (Å²) in [6, 6.07) is 23.6. The van der Waals surface area contributed by atoms with E-state index < -0.39 is 0 Å². The molecule has 0 radical (unpaired) electrons. The van der Waals surface area contributed by atoms with Crippen LogP contribution in [0.4, 0.5) is 0 Å². The lowest BCUT2D eigenvalue weighted by Gasteiger charge is -2.12. The average molecular weight is 360 g/mol. The predicted molar refractivity (Wildman–Crippen MR) is 103 cm³/mol. The van der Waals surface area contributed by atoms with E-state index in [1.54, 1.807) is 0 Å². The van der Waals surface area contributed by atoms with Crippen molar-refractivity contribution in [2.45, 2.75) is 5.03 Å². The smallest absolute Gasteiger partial charge is 0.244 e. The van der Waals surface area contributed by atoms with Crippen LogP contribution in [0.3, 0.4) is 0 Å². The van der Waals surface area contributed by atoms with Gasteiger partial charge in [-0.05, 0) is 11.6 Å². The molecule has 5 nitrogen and oxygen atoms in total. The maximum Gasteiger partial charge on any atom is 0.244 e. The molecule has 0 saturated carbocycles. The van der Waals surface area contributed by atoms with Gasteiger partial charge in [0.2, 0.25) is 5.91 Å². The van der Waals surface area contributed by atoms with E-state index in [9.17, 15) is 10.1 Å². The van der Waals surface area contributed by atoms with Crippen LogP contribution in [0.1, 0.15) is 5.56 Å². The fraction of sp³-hybridized carbons (Fsp3) is 0.0500. The number of rotatable bonds is 5. The maximum absolute atomic E-state index is 11.5. The Hall–Kier alpha value is -3.14. The van der Waals surface area contributed by atoms with Crippen LogP contribution in [0.25, 0.3) is 22.4 Å². The van der Waals surface area contributed by atoms with Gasteiger partial charge in [0.15, 0.2) is 0 Å². The lowest BCUT2D eigenvalue weighted by molar-refractivity contribution is -0.118. The topological polar surface area (TPSA) is 91.8 Å². The first-order valence-electron chi connectivity index (χ1n) is 7.91. The third-order valence-electron chi connectivity index (χ3n) is 3.75. The molecular weight excluding hydrogens is 344 g/mol. The minimum atomic E-state index is -0.327. The van der Waals surface area contributed by atoms with Crippen LogP contribution >= 0.6 is 11.8 Å². The zero-order chi connectivity index (χ0) is 18.4. The van der Waals surface area contributed by atoms with Crippen molar-refractivity contribution in [1.82, 2.24) is 10.4 Å². The Kier molecular flexibility index (Phi) is 5.64. The monoisotopic (exact) mass is 360 g/mol. The number of nitrogens with zero attached hydrogens (tertiary/aromatic N) is 2. The van der Waals surface area contributed by atoms with Gasteiger partial charge in [-0.1, -0.05) is 72.4 Å². The van der Waals surface area contributed by atoms with Crippen LogP contribution in [0.15, 0.2) is 71.8 Å². The van der Waals surface area contributed by atoms with E-state index in [1.807, 2.05) is 66.7 Å². The lowest BCUT2D eigenvalue weighted by atomic mass is 9.99. The van der Waals surface area contributed by atoms with E-state index in [0.29, 0.717) is 10.6 Å². The molecule has 3 aromatic rings. The van der Waals surface area contributed by atoms with E-state index in [4.69, 9.17) is 5.84 Å². The molecule has 1 amide bonds. The minimum absolute atomic E-state index is 0.0879. The average Bonchev–Trinajstić information content (AvgIpc) is 2.72. The molecule has 0 saturated heterocycles. The van der Waals surface area contributed by atoms with Crippen LogP contribution < -0.4 is 11.3 Å². The third-order valence-corrected chi connectivity index (χ3v) is 4.73. The molecule has 0 unspecified atom stereocenters. The van der Waals surface area contributed by atoms with Crippen molar-refractivity contribution < 1.29 is 4.79 Å². The van der Waals surface area contributed by atoms with Gasteiger partial charge < -0.3 is 0 Å². The Balaban J connectivity index is 2.15. The number of benzene rings is 2. The predicted octanol–water partition coefficient (Wildman–Crippen LogP) is 3.37. The molecule has 0 aliphatic carbocycles. The Labute approximate surface area is 155 Å². The van der Waals surface area contributed by atoms with Gasteiger partial charge in [-0.15, -0.1) is 0 Å². The van der Waals surface area contributed by atoms with E-state index >= 15 is 0 Å². The molecule has 0 atom stereocenters. The summed E-state index contributed by atoms with van der Waals surface area (Å²) in [7, 11) is 0. The molecule has 1 aromatic heterocycles. The number of nitriles is 1. The fourth-order valence-corrected chi connectivity index (χ4v) is 3.33. The third kappa shape index (κ3) is 3.91. The van der Waals surface area contributed by atoms with Crippen LogP contribution in [0.5, 0.6) is 0 Å². The summed E-state index contributed by atoms with van der Waals surface area (Å²) in [5, 5.41) is 10.2. The quantitative estimate of drug-likeness (QED) is 0.315. The van der Waals surface area contributed by atoms with Gasteiger partial charge in [-0.3, -0.25) is 10.2 Å². The highest BCUT2D eigenvalue weighted by Crippen LogP contribution is 2.33. The highest BCUT2D eigenvalue weighted by atomic mass is 32.2. The first kappa shape index (κ1) is 17.7. The number of aromatic nitrogens is 1. The number of amides is 1. The number of hydrogen-bond acceptors (Lipinski definition) is 5. The van der Waals surface area contributed by atoms with Crippen molar-refractivity contribution >= 4 is 17.7 Å². The van der Waals surface area contributed by atoms with Gasteiger partial charge in [0.1, 0.15) is 11.1 Å². The van der Waals surface area contributed by atoms with Gasteiger partial charge in [0.05, 0.1) is 17.0 Å². The molecule has 0 aliphatic heterocycles. The zero-order valence-electron chi connectivity index (χ0n) is 13.8. The van der Waals surface area contributed by atoms with Crippen LogP contribution in [0.2, 0.25) is 0 Å². The van der Waals surface area contributed by atoms with Gasteiger partial charge in [0.25, 0.3) is 0 Å². The van der Waals surface area contributed by atoms with Gasteiger partial charge in [-0.2, -0.15) is 5.26 Å². The summed E-state index contributed by atoms with van der Waals surface area (Å²) in [4.78, 5) is 16.2. The SMILES string of the molecule is N#Cc1c(-c2ccccc2)cc(-c2ccccc2)nc1SCC(=O)NN. The number of nitrogens with one attached hydrogen (secondary N) is 1. The zero-order valence-corrected chi connectivity index (χ0v) is 14.7. The number of thioether (sulfide) groups is 1. The highest BCUT2D eigenvalue weighted by molar-refractivity contribution is 8.00. The van der Waals surface area contributed by atoms with Crippen LogP contribution in [-0.4, -0.2) is 16.6 Å².